The van der Waals surface area contributed by atoms with Crippen molar-refractivity contribution >= 4 is 55.4 Å². The second kappa shape index (κ2) is 9.89. The quantitative estimate of drug-likeness (QED) is 0.347. The van der Waals surface area contributed by atoms with Crippen LogP contribution in [0, 0.1) is 6.92 Å². The Kier molecular flexibility index (Phi) is 7.87. The Labute approximate surface area is 170 Å². The smallest absolute Gasteiger partial charge is 0.186 e. The standard InChI is InChI=1S/C18H19Br2N3OS/c1-3-21-18(25)23-22-10-14-8-15(19)17(16(20)9-14)24-11-13-6-4-12(2)5-7-13/h4-10H,3,11H2,1-2H3,(H2,21,23,25)/b22-10-. The van der Waals surface area contributed by atoms with Crippen molar-refractivity contribution in [1.82, 2.24) is 10.7 Å². The molecule has 7 heteroatoms. The Morgan fingerprint density at radius 1 is 1.20 bits per heavy atom. The Balaban J connectivity index is 2.02. The molecule has 2 N–H and O–H groups in total. The molecule has 0 spiro atoms. The summed E-state index contributed by atoms with van der Waals surface area (Å²) in [4.78, 5) is 0. The summed E-state index contributed by atoms with van der Waals surface area (Å²) < 4.78 is 7.64. The van der Waals surface area contributed by atoms with Gasteiger partial charge in [0, 0.05) is 6.54 Å². The highest BCUT2D eigenvalue weighted by Crippen LogP contribution is 2.35. The van der Waals surface area contributed by atoms with Gasteiger partial charge < -0.3 is 10.1 Å². The van der Waals surface area contributed by atoms with Gasteiger partial charge in [0.05, 0.1) is 15.2 Å². The fourth-order valence-electron chi connectivity index (χ4n) is 2.00. The molecule has 0 fully saturated rings. The first-order valence-electron chi connectivity index (χ1n) is 7.74. The van der Waals surface area contributed by atoms with Crippen molar-refractivity contribution in [3.8, 4) is 5.75 Å². The highest BCUT2D eigenvalue weighted by molar-refractivity contribution is 9.11. The van der Waals surface area contributed by atoms with Gasteiger partial charge in [0.1, 0.15) is 12.4 Å². The van der Waals surface area contributed by atoms with E-state index in [2.05, 4.69) is 78.9 Å². The highest BCUT2D eigenvalue weighted by Gasteiger charge is 2.09. The Morgan fingerprint density at radius 3 is 2.44 bits per heavy atom. The first-order chi connectivity index (χ1) is 12.0. The maximum absolute atomic E-state index is 5.94. The van der Waals surface area contributed by atoms with Crippen LogP contribution in [0.2, 0.25) is 0 Å². The number of nitrogens with zero attached hydrogens (tertiary/aromatic N) is 1. The second-order valence-corrected chi connectivity index (χ2v) is 7.43. The number of hydrogen-bond donors (Lipinski definition) is 2. The first kappa shape index (κ1) is 19.9. The molecule has 0 aliphatic carbocycles. The summed E-state index contributed by atoms with van der Waals surface area (Å²) in [5.74, 6) is 0.758. The molecule has 0 aliphatic rings. The molecule has 2 aromatic carbocycles. The van der Waals surface area contributed by atoms with Crippen molar-refractivity contribution in [3.05, 3.63) is 62.0 Å². The predicted molar refractivity (Wildman–Crippen MR) is 114 cm³/mol. The van der Waals surface area contributed by atoms with Crippen molar-refractivity contribution in [2.24, 2.45) is 5.10 Å². The van der Waals surface area contributed by atoms with Crippen LogP contribution in [0.5, 0.6) is 5.75 Å². The lowest BCUT2D eigenvalue weighted by atomic mass is 10.2. The molecule has 0 atom stereocenters. The van der Waals surface area contributed by atoms with Gasteiger partial charge in [0.15, 0.2) is 5.11 Å². The molecule has 0 saturated carbocycles. The molecule has 0 bridgehead atoms. The Hall–Kier alpha value is -1.44. The topological polar surface area (TPSA) is 45.7 Å². The largest absolute Gasteiger partial charge is 0.487 e. The Morgan fingerprint density at radius 2 is 1.84 bits per heavy atom. The van der Waals surface area contributed by atoms with E-state index in [0.717, 1.165) is 32.4 Å². The average Bonchev–Trinajstić information content (AvgIpc) is 2.56. The van der Waals surface area contributed by atoms with Crippen LogP contribution in [0.3, 0.4) is 0 Å². The van der Waals surface area contributed by atoms with E-state index in [1.165, 1.54) is 5.56 Å². The zero-order valence-corrected chi connectivity index (χ0v) is 18.0. The summed E-state index contributed by atoms with van der Waals surface area (Å²) in [6.45, 7) is 5.30. The fourth-order valence-corrected chi connectivity index (χ4v) is 3.65. The number of rotatable bonds is 6. The first-order valence-corrected chi connectivity index (χ1v) is 9.73. The van der Waals surface area contributed by atoms with Gasteiger partial charge in [0.2, 0.25) is 0 Å². The number of hydrazone groups is 1. The number of ether oxygens (including phenoxy) is 1. The monoisotopic (exact) mass is 483 g/mol. The molecule has 25 heavy (non-hydrogen) atoms. The zero-order valence-electron chi connectivity index (χ0n) is 14.0. The molecule has 132 valence electrons. The van der Waals surface area contributed by atoms with Gasteiger partial charge in [0.25, 0.3) is 0 Å². The molecule has 0 unspecified atom stereocenters. The minimum Gasteiger partial charge on any atom is -0.487 e. The molecule has 0 aliphatic heterocycles. The summed E-state index contributed by atoms with van der Waals surface area (Å²) in [5.41, 5.74) is 6.03. The van der Waals surface area contributed by atoms with E-state index in [4.69, 9.17) is 17.0 Å². The van der Waals surface area contributed by atoms with Gasteiger partial charge in [-0.05, 0) is 81.2 Å². The van der Waals surface area contributed by atoms with Gasteiger partial charge >= 0.3 is 0 Å². The third-order valence-corrected chi connectivity index (χ3v) is 4.66. The van der Waals surface area contributed by atoms with Crippen molar-refractivity contribution in [3.63, 3.8) is 0 Å². The molecule has 2 aromatic rings. The molecule has 0 aromatic heterocycles. The molecule has 0 radical (unpaired) electrons. The average molecular weight is 485 g/mol. The van der Waals surface area contributed by atoms with Crippen LogP contribution >= 0.6 is 44.1 Å². The third-order valence-electron chi connectivity index (χ3n) is 3.24. The van der Waals surface area contributed by atoms with Crippen LogP contribution in [0.1, 0.15) is 23.6 Å². The minimum atomic E-state index is 0.495. The normalized spacial score (nSPS) is 10.7. The van der Waals surface area contributed by atoms with Gasteiger partial charge in [-0.2, -0.15) is 5.10 Å². The number of hydrogen-bond acceptors (Lipinski definition) is 3. The number of thiocarbonyl (C=S) groups is 1. The van der Waals surface area contributed by atoms with E-state index < -0.39 is 0 Å². The van der Waals surface area contributed by atoms with Crippen molar-refractivity contribution in [1.29, 1.82) is 0 Å². The van der Waals surface area contributed by atoms with Crippen molar-refractivity contribution < 1.29 is 4.74 Å². The summed E-state index contributed by atoms with van der Waals surface area (Å²) in [7, 11) is 0. The number of benzene rings is 2. The minimum absolute atomic E-state index is 0.495. The molecule has 0 amide bonds. The van der Waals surface area contributed by atoms with Crippen LogP contribution in [0.4, 0.5) is 0 Å². The second-order valence-electron chi connectivity index (χ2n) is 5.32. The van der Waals surface area contributed by atoms with E-state index >= 15 is 0 Å². The summed E-state index contributed by atoms with van der Waals surface area (Å²) >= 11 is 12.2. The SMILES string of the molecule is CCNC(=S)N/N=C\c1cc(Br)c(OCc2ccc(C)cc2)c(Br)c1. The number of nitrogens with one attached hydrogen (secondary N) is 2. The summed E-state index contributed by atoms with van der Waals surface area (Å²) in [6, 6.07) is 12.2. The van der Waals surface area contributed by atoms with Crippen LogP contribution < -0.4 is 15.5 Å². The zero-order chi connectivity index (χ0) is 18.2. The van der Waals surface area contributed by atoms with Crippen molar-refractivity contribution in [2.45, 2.75) is 20.5 Å². The molecule has 0 heterocycles. The van der Waals surface area contributed by atoms with E-state index in [1.54, 1.807) is 6.21 Å². The van der Waals surface area contributed by atoms with Crippen LogP contribution in [0.15, 0.2) is 50.4 Å². The molecule has 4 nitrogen and oxygen atoms in total. The van der Waals surface area contributed by atoms with E-state index in [1.807, 2.05) is 19.1 Å². The van der Waals surface area contributed by atoms with Gasteiger partial charge in [-0.3, -0.25) is 5.43 Å². The molecule has 2 rings (SSSR count). The van der Waals surface area contributed by atoms with Crippen LogP contribution in [0.25, 0.3) is 0 Å². The number of aryl methyl sites for hydroxylation is 1. The molecular formula is C18H19Br2N3OS. The molecule has 0 saturated heterocycles. The fraction of sp³-hybridized carbons (Fsp3) is 0.222. The van der Waals surface area contributed by atoms with Gasteiger partial charge in [-0.25, -0.2) is 0 Å². The van der Waals surface area contributed by atoms with E-state index in [9.17, 15) is 0 Å². The van der Waals surface area contributed by atoms with Gasteiger partial charge in [-0.15, -0.1) is 0 Å². The van der Waals surface area contributed by atoms with Crippen LogP contribution in [-0.2, 0) is 6.61 Å². The maximum Gasteiger partial charge on any atom is 0.186 e. The third kappa shape index (κ3) is 6.41. The highest BCUT2D eigenvalue weighted by atomic mass is 79.9. The lowest BCUT2D eigenvalue weighted by Crippen LogP contribution is -2.31. The van der Waals surface area contributed by atoms with Crippen LogP contribution in [-0.4, -0.2) is 17.9 Å². The maximum atomic E-state index is 5.94. The van der Waals surface area contributed by atoms with E-state index in [0.29, 0.717) is 11.7 Å². The Bertz CT molecular complexity index is 740. The number of halogens is 2. The predicted octanol–water partition coefficient (Wildman–Crippen LogP) is 4.92. The lowest BCUT2D eigenvalue weighted by Gasteiger charge is -2.11. The molecular weight excluding hydrogens is 466 g/mol. The summed E-state index contributed by atoms with van der Waals surface area (Å²) in [5, 5.41) is 7.58. The summed E-state index contributed by atoms with van der Waals surface area (Å²) in [6.07, 6.45) is 1.70. The lowest BCUT2D eigenvalue weighted by molar-refractivity contribution is 0.302. The van der Waals surface area contributed by atoms with Crippen molar-refractivity contribution in [2.75, 3.05) is 6.54 Å². The van der Waals surface area contributed by atoms with Gasteiger partial charge in [-0.1, -0.05) is 29.8 Å². The van der Waals surface area contributed by atoms with E-state index in [-0.39, 0.29) is 0 Å².